The molecule has 1 N–H and O–H groups in total. The minimum atomic E-state index is 0.0258. The van der Waals surface area contributed by atoms with E-state index in [1.165, 1.54) is 19.5 Å². The molecule has 3 aliphatic heterocycles. The third-order valence-electron chi connectivity index (χ3n) is 4.91. The van der Waals surface area contributed by atoms with Gasteiger partial charge in [0.2, 0.25) is 0 Å². The summed E-state index contributed by atoms with van der Waals surface area (Å²) in [5.74, 6) is 0.702. The lowest BCUT2D eigenvalue weighted by atomic mass is 9.89. The minimum absolute atomic E-state index is 0.0258. The second-order valence-electron chi connectivity index (χ2n) is 6.14. The highest BCUT2D eigenvalue weighted by atomic mass is 16.6. The van der Waals surface area contributed by atoms with E-state index in [-0.39, 0.29) is 5.60 Å². The van der Waals surface area contributed by atoms with Gasteiger partial charge < -0.3 is 14.6 Å². The first-order valence-corrected chi connectivity index (χ1v) is 7.38. The quantitative estimate of drug-likeness (QED) is 0.818. The summed E-state index contributed by atoms with van der Waals surface area (Å²) >= 11 is 0. The van der Waals surface area contributed by atoms with Crippen LogP contribution >= 0.6 is 0 Å². The van der Waals surface area contributed by atoms with E-state index >= 15 is 0 Å². The Bertz CT molecular complexity index is 278. The molecule has 3 rings (SSSR count). The van der Waals surface area contributed by atoms with E-state index in [2.05, 4.69) is 4.90 Å². The molecule has 0 aliphatic carbocycles. The van der Waals surface area contributed by atoms with Crippen LogP contribution < -0.4 is 0 Å². The summed E-state index contributed by atoms with van der Waals surface area (Å²) in [5.41, 5.74) is 0.0258. The molecule has 1 spiro atoms. The average molecular weight is 255 g/mol. The molecule has 3 saturated heterocycles. The van der Waals surface area contributed by atoms with Crippen LogP contribution in [0.2, 0.25) is 0 Å². The summed E-state index contributed by atoms with van der Waals surface area (Å²) in [6.07, 6.45) is 5.58. The minimum Gasteiger partial charge on any atom is -0.396 e. The summed E-state index contributed by atoms with van der Waals surface area (Å²) in [7, 11) is 0. The van der Waals surface area contributed by atoms with Crippen LogP contribution in [0.1, 0.15) is 32.1 Å². The van der Waals surface area contributed by atoms with Crippen LogP contribution in [0.3, 0.4) is 0 Å². The molecule has 3 fully saturated rings. The Morgan fingerprint density at radius 2 is 2.22 bits per heavy atom. The van der Waals surface area contributed by atoms with E-state index < -0.39 is 0 Å². The Hall–Kier alpha value is -0.160. The molecule has 0 amide bonds. The van der Waals surface area contributed by atoms with Crippen molar-refractivity contribution in [2.45, 2.75) is 43.7 Å². The SMILES string of the molecule is OCCC1CCN(C2CCOC3(CCOC3)C2)C1. The lowest BCUT2D eigenvalue weighted by Gasteiger charge is -2.41. The molecule has 3 aliphatic rings. The molecule has 3 atom stereocenters. The Labute approximate surface area is 109 Å². The molecule has 0 aromatic rings. The molecule has 18 heavy (non-hydrogen) atoms. The van der Waals surface area contributed by atoms with Crippen LogP contribution in [-0.4, -0.2) is 61.2 Å². The van der Waals surface area contributed by atoms with Gasteiger partial charge in [0.15, 0.2) is 0 Å². The maximum Gasteiger partial charge on any atom is 0.0951 e. The second-order valence-corrected chi connectivity index (χ2v) is 6.14. The maximum absolute atomic E-state index is 9.04. The van der Waals surface area contributed by atoms with Gasteiger partial charge in [-0.1, -0.05) is 0 Å². The third kappa shape index (κ3) is 2.57. The van der Waals surface area contributed by atoms with Crippen molar-refractivity contribution in [2.75, 3.05) is 39.5 Å². The Kier molecular flexibility index (Phi) is 3.89. The third-order valence-corrected chi connectivity index (χ3v) is 4.91. The summed E-state index contributed by atoms with van der Waals surface area (Å²) < 4.78 is 11.5. The average Bonchev–Trinajstić information content (AvgIpc) is 3.00. The molecular weight excluding hydrogens is 230 g/mol. The van der Waals surface area contributed by atoms with Crippen molar-refractivity contribution in [3.63, 3.8) is 0 Å². The van der Waals surface area contributed by atoms with Crippen LogP contribution in [0.25, 0.3) is 0 Å². The fourth-order valence-electron chi connectivity index (χ4n) is 3.79. The van der Waals surface area contributed by atoms with Gasteiger partial charge in [-0.15, -0.1) is 0 Å². The molecule has 3 heterocycles. The highest BCUT2D eigenvalue weighted by molar-refractivity contribution is 4.95. The predicted molar refractivity (Wildman–Crippen MR) is 68.5 cm³/mol. The van der Waals surface area contributed by atoms with Gasteiger partial charge in [0.25, 0.3) is 0 Å². The maximum atomic E-state index is 9.04. The molecule has 104 valence electrons. The fraction of sp³-hybridized carbons (Fsp3) is 1.00. The van der Waals surface area contributed by atoms with Crippen LogP contribution in [0.15, 0.2) is 0 Å². The Morgan fingerprint density at radius 1 is 1.28 bits per heavy atom. The zero-order valence-electron chi connectivity index (χ0n) is 11.1. The number of ether oxygens (including phenoxy) is 2. The van der Waals surface area contributed by atoms with Crippen molar-refractivity contribution < 1.29 is 14.6 Å². The van der Waals surface area contributed by atoms with Crippen molar-refractivity contribution >= 4 is 0 Å². The highest BCUT2D eigenvalue weighted by Crippen LogP contribution is 2.36. The molecule has 3 unspecified atom stereocenters. The van der Waals surface area contributed by atoms with E-state index in [1.807, 2.05) is 0 Å². The number of hydrogen-bond acceptors (Lipinski definition) is 4. The van der Waals surface area contributed by atoms with Crippen molar-refractivity contribution in [1.82, 2.24) is 4.90 Å². The van der Waals surface area contributed by atoms with E-state index in [0.717, 1.165) is 45.5 Å². The number of aliphatic hydroxyl groups is 1. The van der Waals surface area contributed by atoms with Crippen molar-refractivity contribution in [1.29, 1.82) is 0 Å². The summed E-state index contributed by atoms with van der Waals surface area (Å²) in [6.45, 7) is 5.24. The van der Waals surface area contributed by atoms with E-state index in [9.17, 15) is 0 Å². The zero-order valence-corrected chi connectivity index (χ0v) is 11.1. The molecule has 0 bridgehead atoms. The molecule has 4 heteroatoms. The number of aliphatic hydroxyl groups excluding tert-OH is 1. The summed E-state index contributed by atoms with van der Waals surface area (Å²) in [6, 6.07) is 0.671. The van der Waals surface area contributed by atoms with Crippen LogP contribution in [0.4, 0.5) is 0 Å². The predicted octanol–water partition coefficient (Wildman–Crippen LogP) is 1.03. The molecular formula is C14H25NO3. The topological polar surface area (TPSA) is 41.9 Å². The normalized spacial score (nSPS) is 41.8. The Balaban J connectivity index is 1.56. The van der Waals surface area contributed by atoms with E-state index in [1.54, 1.807) is 0 Å². The summed E-state index contributed by atoms with van der Waals surface area (Å²) in [5, 5.41) is 9.04. The van der Waals surface area contributed by atoms with E-state index in [0.29, 0.717) is 18.6 Å². The standard InChI is InChI=1S/C14H25NO3/c16-6-2-12-1-5-15(10-12)13-3-7-18-14(9-13)4-8-17-11-14/h12-13,16H,1-11H2. The first-order chi connectivity index (χ1) is 8.81. The van der Waals surface area contributed by atoms with Crippen molar-refractivity contribution in [2.24, 2.45) is 5.92 Å². The van der Waals surface area contributed by atoms with Gasteiger partial charge in [0.05, 0.1) is 12.2 Å². The number of hydrogen-bond donors (Lipinski definition) is 1. The van der Waals surface area contributed by atoms with Crippen LogP contribution in [0.5, 0.6) is 0 Å². The van der Waals surface area contributed by atoms with Crippen molar-refractivity contribution in [3.05, 3.63) is 0 Å². The van der Waals surface area contributed by atoms with Gasteiger partial charge in [-0.2, -0.15) is 0 Å². The molecule has 4 nitrogen and oxygen atoms in total. The first-order valence-electron chi connectivity index (χ1n) is 7.38. The lowest BCUT2D eigenvalue weighted by Crippen LogP contribution is -2.48. The summed E-state index contributed by atoms with van der Waals surface area (Å²) in [4.78, 5) is 2.63. The van der Waals surface area contributed by atoms with Gasteiger partial charge in [-0.25, -0.2) is 0 Å². The number of nitrogens with zero attached hydrogens (tertiary/aromatic N) is 1. The van der Waals surface area contributed by atoms with Crippen LogP contribution in [0, 0.1) is 5.92 Å². The van der Waals surface area contributed by atoms with Gasteiger partial charge in [-0.3, -0.25) is 4.90 Å². The zero-order chi connectivity index (χ0) is 12.4. The fourth-order valence-corrected chi connectivity index (χ4v) is 3.79. The molecule has 0 saturated carbocycles. The van der Waals surface area contributed by atoms with E-state index in [4.69, 9.17) is 14.6 Å². The number of rotatable bonds is 3. The van der Waals surface area contributed by atoms with Gasteiger partial charge in [0.1, 0.15) is 0 Å². The molecule has 0 aromatic carbocycles. The van der Waals surface area contributed by atoms with Gasteiger partial charge >= 0.3 is 0 Å². The number of likely N-dealkylation sites (tertiary alicyclic amines) is 1. The first kappa shape index (κ1) is 12.9. The van der Waals surface area contributed by atoms with Crippen molar-refractivity contribution in [3.8, 4) is 0 Å². The molecule has 0 radical (unpaired) electrons. The van der Waals surface area contributed by atoms with Crippen LogP contribution in [-0.2, 0) is 9.47 Å². The Morgan fingerprint density at radius 3 is 3.00 bits per heavy atom. The monoisotopic (exact) mass is 255 g/mol. The lowest BCUT2D eigenvalue weighted by molar-refractivity contribution is -0.104. The second kappa shape index (κ2) is 5.45. The van der Waals surface area contributed by atoms with Gasteiger partial charge in [0, 0.05) is 38.8 Å². The molecule has 0 aromatic heterocycles. The van der Waals surface area contributed by atoms with Gasteiger partial charge in [-0.05, 0) is 38.1 Å². The smallest absolute Gasteiger partial charge is 0.0951 e. The highest BCUT2D eigenvalue weighted by Gasteiger charge is 2.43. The largest absolute Gasteiger partial charge is 0.396 e.